The number of aromatic nitrogens is 3. The van der Waals surface area contributed by atoms with Gasteiger partial charge in [-0.3, -0.25) is 4.90 Å². The molecule has 2 aromatic rings. The number of rotatable bonds is 4. The van der Waals surface area contributed by atoms with Crippen LogP contribution in [0.2, 0.25) is 0 Å². The molecule has 0 amide bonds. The topological polar surface area (TPSA) is 48.4 Å². The smallest absolute Gasteiger partial charge is 0.138 e. The van der Waals surface area contributed by atoms with Gasteiger partial charge in [0.05, 0.1) is 5.69 Å². The maximum atomic E-state index is 4.74. The molecule has 2 saturated heterocycles. The fourth-order valence-electron chi connectivity index (χ4n) is 5.65. The van der Waals surface area contributed by atoms with Gasteiger partial charge in [-0.25, -0.2) is 15.0 Å². The monoisotopic (exact) mass is 392 g/mol. The molecule has 0 N–H and O–H groups in total. The molecular formula is C23H32N6. The van der Waals surface area contributed by atoms with Crippen LogP contribution in [0.3, 0.4) is 0 Å². The van der Waals surface area contributed by atoms with Crippen LogP contribution in [0.4, 0.5) is 5.82 Å². The Morgan fingerprint density at radius 1 is 1.10 bits per heavy atom. The minimum atomic E-state index is 0.636. The molecular weight excluding hydrogens is 360 g/mol. The van der Waals surface area contributed by atoms with Crippen LogP contribution in [0.5, 0.6) is 0 Å². The van der Waals surface area contributed by atoms with Crippen LogP contribution >= 0.6 is 0 Å². The van der Waals surface area contributed by atoms with Gasteiger partial charge >= 0.3 is 0 Å². The first-order valence-corrected chi connectivity index (χ1v) is 11.1. The van der Waals surface area contributed by atoms with E-state index in [9.17, 15) is 0 Å². The molecule has 1 saturated carbocycles. The average Bonchev–Trinajstić information content (AvgIpc) is 3.18. The van der Waals surface area contributed by atoms with E-state index in [2.05, 4.69) is 37.7 Å². The number of nitrogens with zero attached hydrogens (tertiary/aromatic N) is 6. The predicted molar refractivity (Wildman–Crippen MR) is 116 cm³/mol. The van der Waals surface area contributed by atoms with Gasteiger partial charge in [0.25, 0.3) is 0 Å². The molecule has 3 aliphatic rings. The molecule has 6 heteroatoms. The molecule has 2 aliphatic heterocycles. The molecule has 5 rings (SSSR count). The van der Waals surface area contributed by atoms with Crippen molar-refractivity contribution in [2.45, 2.75) is 39.2 Å². The summed E-state index contributed by atoms with van der Waals surface area (Å²) in [7, 11) is 0. The highest BCUT2D eigenvalue weighted by atomic mass is 15.3. The summed E-state index contributed by atoms with van der Waals surface area (Å²) in [4.78, 5) is 21.3. The van der Waals surface area contributed by atoms with Crippen molar-refractivity contribution < 1.29 is 0 Å². The number of pyridine rings is 1. The van der Waals surface area contributed by atoms with Gasteiger partial charge < -0.3 is 9.80 Å². The van der Waals surface area contributed by atoms with Crippen LogP contribution in [0.15, 0.2) is 30.7 Å². The number of hydrogen-bond acceptors (Lipinski definition) is 6. The van der Waals surface area contributed by atoms with E-state index in [0.29, 0.717) is 5.41 Å². The van der Waals surface area contributed by atoms with E-state index in [1.165, 1.54) is 38.9 Å². The third-order valence-corrected chi connectivity index (χ3v) is 7.24. The van der Waals surface area contributed by atoms with Crippen LogP contribution in [0.25, 0.3) is 11.3 Å². The SMILES string of the molecule is CCN1CC2(CCC(N3CCN(c4ncccc4-c4cc(C)ncn4)CC3)C2)C1. The van der Waals surface area contributed by atoms with Crippen molar-refractivity contribution in [1.29, 1.82) is 0 Å². The Bertz CT molecular complexity index is 854. The summed E-state index contributed by atoms with van der Waals surface area (Å²) in [5.41, 5.74) is 3.70. The molecule has 6 nitrogen and oxygen atoms in total. The fourth-order valence-corrected chi connectivity index (χ4v) is 5.65. The lowest BCUT2D eigenvalue weighted by Gasteiger charge is -2.49. The van der Waals surface area contributed by atoms with Crippen molar-refractivity contribution in [3.8, 4) is 11.3 Å². The highest BCUT2D eigenvalue weighted by Gasteiger charge is 2.48. The molecule has 154 valence electrons. The van der Waals surface area contributed by atoms with Crippen molar-refractivity contribution >= 4 is 5.82 Å². The van der Waals surface area contributed by atoms with Gasteiger partial charge in [0.2, 0.25) is 0 Å². The van der Waals surface area contributed by atoms with Crippen LogP contribution in [-0.4, -0.2) is 76.6 Å². The van der Waals surface area contributed by atoms with Gasteiger partial charge in [-0.05, 0) is 56.3 Å². The Balaban J connectivity index is 1.24. The van der Waals surface area contributed by atoms with Gasteiger partial charge in [-0.2, -0.15) is 0 Å². The largest absolute Gasteiger partial charge is 0.353 e. The molecule has 1 spiro atoms. The van der Waals surface area contributed by atoms with E-state index < -0.39 is 0 Å². The number of anilines is 1. The van der Waals surface area contributed by atoms with E-state index in [4.69, 9.17) is 4.98 Å². The normalized spacial score (nSPS) is 24.8. The Kier molecular flexibility index (Phi) is 5.00. The molecule has 0 aromatic carbocycles. The summed E-state index contributed by atoms with van der Waals surface area (Å²) in [6, 6.07) is 6.96. The highest BCUT2D eigenvalue weighted by Crippen LogP contribution is 2.47. The molecule has 1 unspecified atom stereocenters. The van der Waals surface area contributed by atoms with Gasteiger partial charge in [-0.1, -0.05) is 6.92 Å². The van der Waals surface area contributed by atoms with E-state index in [0.717, 1.165) is 55.0 Å². The first-order valence-electron chi connectivity index (χ1n) is 11.1. The molecule has 4 heterocycles. The third-order valence-electron chi connectivity index (χ3n) is 7.24. The highest BCUT2D eigenvalue weighted by molar-refractivity contribution is 5.73. The predicted octanol–water partition coefficient (Wildman–Crippen LogP) is 2.84. The quantitative estimate of drug-likeness (QED) is 0.797. The average molecular weight is 393 g/mol. The number of piperazine rings is 1. The zero-order chi connectivity index (χ0) is 19.8. The maximum absolute atomic E-state index is 4.74. The summed E-state index contributed by atoms with van der Waals surface area (Å²) >= 11 is 0. The molecule has 29 heavy (non-hydrogen) atoms. The van der Waals surface area contributed by atoms with Crippen molar-refractivity contribution in [1.82, 2.24) is 24.8 Å². The molecule has 1 aliphatic carbocycles. The molecule has 0 radical (unpaired) electrons. The van der Waals surface area contributed by atoms with Crippen molar-refractivity contribution in [3.63, 3.8) is 0 Å². The van der Waals surface area contributed by atoms with E-state index >= 15 is 0 Å². The second-order valence-electron chi connectivity index (χ2n) is 9.14. The lowest BCUT2D eigenvalue weighted by atomic mass is 9.78. The van der Waals surface area contributed by atoms with Gasteiger partial charge in [-0.15, -0.1) is 0 Å². The first-order chi connectivity index (χ1) is 14.2. The number of likely N-dealkylation sites (tertiary alicyclic amines) is 1. The Labute approximate surface area is 174 Å². The fraction of sp³-hybridized carbons (Fsp3) is 0.609. The number of hydrogen-bond donors (Lipinski definition) is 0. The standard InChI is InChI=1S/C23H32N6/c1-3-27-15-23(16-27)7-6-19(14-23)28-9-11-29(12-10-28)22-20(5-4-8-24-22)21-13-18(2)25-17-26-21/h4-5,8,13,17,19H,3,6-7,9-12,14-16H2,1-2H3. The summed E-state index contributed by atoms with van der Waals surface area (Å²) in [5.74, 6) is 1.06. The van der Waals surface area contributed by atoms with Crippen LogP contribution in [0, 0.1) is 12.3 Å². The van der Waals surface area contributed by atoms with Crippen LogP contribution in [0.1, 0.15) is 31.9 Å². The second kappa shape index (κ2) is 7.65. The molecule has 2 aromatic heterocycles. The summed E-state index contributed by atoms with van der Waals surface area (Å²) in [5, 5.41) is 0. The Morgan fingerprint density at radius 3 is 2.69 bits per heavy atom. The Morgan fingerprint density at radius 2 is 1.93 bits per heavy atom. The molecule has 3 fully saturated rings. The first kappa shape index (κ1) is 18.9. The molecule has 1 atom stereocenters. The van der Waals surface area contributed by atoms with Gasteiger partial charge in [0, 0.05) is 62.8 Å². The van der Waals surface area contributed by atoms with E-state index in [1.54, 1.807) is 6.33 Å². The third kappa shape index (κ3) is 3.64. The zero-order valence-corrected chi connectivity index (χ0v) is 17.7. The molecule has 0 bridgehead atoms. The lowest BCUT2D eigenvalue weighted by molar-refractivity contribution is 0.00366. The van der Waals surface area contributed by atoms with Gasteiger partial charge in [0.1, 0.15) is 12.1 Å². The zero-order valence-electron chi connectivity index (χ0n) is 17.7. The van der Waals surface area contributed by atoms with Gasteiger partial charge in [0.15, 0.2) is 0 Å². The summed E-state index contributed by atoms with van der Waals surface area (Å²) in [6.45, 7) is 12.5. The van der Waals surface area contributed by atoms with E-state index in [1.807, 2.05) is 25.3 Å². The van der Waals surface area contributed by atoms with Crippen LogP contribution in [-0.2, 0) is 0 Å². The lowest BCUT2D eigenvalue weighted by Crippen LogP contribution is -2.56. The Hall–Kier alpha value is -2.05. The summed E-state index contributed by atoms with van der Waals surface area (Å²) < 4.78 is 0. The van der Waals surface area contributed by atoms with Crippen molar-refractivity contribution in [2.24, 2.45) is 5.41 Å². The second-order valence-corrected chi connectivity index (χ2v) is 9.14. The minimum absolute atomic E-state index is 0.636. The van der Waals surface area contributed by atoms with Crippen molar-refractivity contribution in [2.75, 3.05) is 50.7 Å². The maximum Gasteiger partial charge on any atom is 0.138 e. The van der Waals surface area contributed by atoms with Crippen LogP contribution < -0.4 is 4.90 Å². The summed E-state index contributed by atoms with van der Waals surface area (Å²) in [6.07, 6.45) is 7.75. The van der Waals surface area contributed by atoms with Crippen molar-refractivity contribution in [3.05, 3.63) is 36.4 Å². The number of aryl methyl sites for hydroxylation is 1. The van der Waals surface area contributed by atoms with E-state index in [-0.39, 0.29) is 0 Å². The minimum Gasteiger partial charge on any atom is -0.353 e.